The van der Waals surface area contributed by atoms with Crippen LogP contribution in [0.2, 0.25) is 0 Å². The molecule has 2 aromatic carbocycles. The largest absolute Gasteiger partial charge is 0.495 e. The van der Waals surface area contributed by atoms with Gasteiger partial charge in [-0.05, 0) is 42.8 Å². The molecule has 25 heavy (non-hydrogen) atoms. The third kappa shape index (κ3) is 5.84. The van der Waals surface area contributed by atoms with Crippen LogP contribution in [-0.4, -0.2) is 25.5 Å². The van der Waals surface area contributed by atoms with Gasteiger partial charge in [0.1, 0.15) is 5.75 Å². The number of nitrogens with one attached hydrogen (secondary N) is 3. The van der Waals surface area contributed by atoms with Gasteiger partial charge in [0, 0.05) is 17.8 Å². The van der Waals surface area contributed by atoms with Crippen molar-refractivity contribution in [3.63, 3.8) is 0 Å². The molecule has 2 rings (SSSR count). The molecule has 6 nitrogen and oxygen atoms in total. The molecule has 0 unspecified atom stereocenters. The maximum absolute atomic E-state index is 12.1. The van der Waals surface area contributed by atoms with E-state index in [1.165, 1.54) is 0 Å². The van der Waals surface area contributed by atoms with Gasteiger partial charge in [0.2, 0.25) is 11.8 Å². The monoisotopic (exact) mass is 341 g/mol. The van der Waals surface area contributed by atoms with Crippen molar-refractivity contribution in [2.24, 2.45) is 0 Å². The van der Waals surface area contributed by atoms with Gasteiger partial charge in [-0.15, -0.1) is 0 Å². The molecule has 3 N–H and O–H groups in total. The lowest BCUT2D eigenvalue weighted by atomic mass is 10.2. The zero-order chi connectivity index (χ0) is 18.1. The summed E-state index contributed by atoms with van der Waals surface area (Å²) in [5.74, 6) is 0.437. The number of hydrogen-bond donors (Lipinski definition) is 3. The highest BCUT2D eigenvalue weighted by Crippen LogP contribution is 2.22. The van der Waals surface area contributed by atoms with Crippen molar-refractivity contribution in [3.05, 3.63) is 48.5 Å². The highest BCUT2D eigenvalue weighted by atomic mass is 16.5. The first-order chi connectivity index (χ1) is 12.1. The first-order valence-corrected chi connectivity index (χ1v) is 8.19. The molecule has 0 radical (unpaired) electrons. The minimum atomic E-state index is -0.176. The lowest BCUT2D eigenvalue weighted by Crippen LogP contribution is -2.22. The number of benzene rings is 2. The average Bonchev–Trinajstić information content (AvgIpc) is 2.62. The van der Waals surface area contributed by atoms with E-state index < -0.39 is 0 Å². The van der Waals surface area contributed by atoms with Crippen LogP contribution in [0.5, 0.6) is 5.75 Å². The number of anilines is 3. The molecule has 0 atom stereocenters. The van der Waals surface area contributed by atoms with E-state index in [0.717, 1.165) is 17.8 Å². The first-order valence-electron chi connectivity index (χ1n) is 8.19. The summed E-state index contributed by atoms with van der Waals surface area (Å²) in [6.07, 6.45) is 1.32. The Hall–Kier alpha value is -3.02. The molecule has 0 fully saturated rings. The van der Waals surface area contributed by atoms with Crippen LogP contribution in [0.1, 0.15) is 19.8 Å². The number of para-hydroxylation sites is 2. The molecule has 6 heteroatoms. The molecule has 0 aliphatic rings. The van der Waals surface area contributed by atoms with Crippen LogP contribution in [0.25, 0.3) is 0 Å². The Morgan fingerprint density at radius 2 is 1.60 bits per heavy atom. The summed E-state index contributed by atoms with van der Waals surface area (Å²) in [6.45, 7) is 2.09. The lowest BCUT2D eigenvalue weighted by molar-refractivity contribution is -0.116. The van der Waals surface area contributed by atoms with Gasteiger partial charge in [-0.2, -0.15) is 0 Å². The summed E-state index contributed by atoms with van der Waals surface area (Å²) in [6, 6.07) is 14.5. The molecule has 0 saturated carbocycles. The molecule has 0 bridgehead atoms. The van der Waals surface area contributed by atoms with Crippen LogP contribution in [0, 0.1) is 0 Å². The summed E-state index contributed by atoms with van der Waals surface area (Å²) in [5, 5.41) is 8.66. The SMILES string of the molecule is CCCC(=O)Nc1ccc(NCC(=O)Nc2ccccc2OC)cc1. The smallest absolute Gasteiger partial charge is 0.243 e. The van der Waals surface area contributed by atoms with Gasteiger partial charge in [-0.1, -0.05) is 19.1 Å². The van der Waals surface area contributed by atoms with E-state index in [9.17, 15) is 9.59 Å². The summed E-state index contributed by atoms with van der Waals surface area (Å²) < 4.78 is 5.20. The summed E-state index contributed by atoms with van der Waals surface area (Å²) in [4.78, 5) is 23.6. The van der Waals surface area contributed by atoms with Gasteiger partial charge in [0.25, 0.3) is 0 Å². The van der Waals surface area contributed by atoms with E-state index in [2.05, 4.69) is 16.0 Å². The van der Waals surface area contributed by atoms with Crippen LogP contribution in [0.15, 0.2) is 48.5 Å². The number of carbonyl (C=O) groups is 2. The van der Waals surface area contributed by atoms with Gasteiger partial charge >= 0.3 is 0 Å². The predicted octanol–water partition coefficient (Wildman–Crippen LogP) is 3.48. The highest BCUT2D eigenvalue weighted by Gasteiger charge is 2.07. The van der Waals surface area contributed by atoms with Gasteiger partial charge in [-0.25, -0.2) is 0 Å². The maximum atomic E-state index is 12.1. The summed E-state index contributed by atoms with van der Waals surface area (Å²) in [7, 11) is 1.56. The number of carbonyl (C=O) groups excluding carboxylic acids is 2. The van der Waals surface area contributed by atoms with Gasteiger partial charge in [-0.3, -0.25) is 9.59 Å². The molecule has 0 aliphatic carbocycles. The normalized spacial score (nSPS) is 10.0. The van der Waals surface area contributed by atoms with E-state index in [1.54, 1.807) is 31.4 Å². The number of ether oxygens (including phenoxy) is 1. The maximum Gasteiger partial charge on any atom is 0.243 e. The van der Waals surface area contributed by atoms with Crippen LogP contribution in [-0.2, 0) is 9.59 Å². The molecule has 0 spiro atoms. The Balaban J connectivity index is 1.84. The van der Waals surface area contributed by atoms with E-state index >= 15 is 0 Å². The van der Waals surface area contributed by atoms with Crippen LogP contribution < -0.4 is 20.7 Å². The minimum Gasteiger partial charge on any atom is -0.495 e. The number of rotatable bonds is 8. The van der Waals surface area contributed by atoms with Crippen LogP contribution in [0.4, 0.5) is 17.1 Å². The Morgan fingerprint density at radius 3 is 2.28 bits per heavy atom. The second kappa shape index (κ2) is 9.32. The topological polar surface area (TPSA) is 79.5 Å². The summed E-state index contributed by atoms with van der Waals surface area (Å²) in [5.41, 5.74) is 2.16. The second-order valence-electron chi connectivity index (χ2n) is 5.48. The van der Waals surface area contributed by atoms with Crippen molar-refractivity contribution in [1.82, 2.24) is 0 Å². The van der Waals surface area contributed by atoms with Crippen LogP contribution in [0.3, 0.4) is 0 Å². The predicted molar refractivity (Wildman–Crippen MR) is 100 cm³/mol. The Bertz CT molecular complexity index is 714. The Labute approximate surface area is 147 Å². The lowest BCUT2D eigenvalue weighted by Gasteiger charge is -2.11. The van der Waals surface area contributed by atoms with E-state index in [4.69, 9.17) is 4.74 Å². The zero-order valence-electron chi connectivity index (χ0n) is 14.5. The first kappa shape index (κ1) is 18.3. The van der Waals surface area contributed by atoms with Crippen molar-refractivity contribution < 1.29 is 14.3 Å². The zero-order valence-corrected chi connectivity index (χ0v) is 14.5. The molecule has 0 saturated heterocycles. The number of methoxy groups -OCH3 is 1. The molecule has 2 amide bonds. The fourth-order valence-electron chi connectivity index (χ4n) is 2.25. The summed E-state index contributed by atoms with van der Waals surface area (Å²) >= 11 is 0. The molecule has 132 valence electrons. The van der Waals surface area contributed by atoms with Crippen molar-refractivity contribution in [3.8, 4) is 5.75 Å². The standard InChI is InChI=1S/C19H23N3O3/c1-3-6-18(23)21-15-11-9-14(10-12-15)20-13-19(24)22-16-7-4-5-8-17(16)25-2/h4-5,7-12,20H,3,6,13H2,1-2H3,(H,21,23)(H,22,24). The molecular formula is C19H23N3O3. The van der Waals surface area contributed by atoms with Gasteiger partial charge < -0.3 is 20.7 Å². The fraction of sp³-hybridized carbons (Fsp3) is 0.263. The van der Waals surface area contributed by atoms with E-state index in [0.29, 0.717) is 17.9 Å². The Morgan fingerprint density at radius 1 is 0.920 bits per heavy atom. The van der Waals surface area contributed by atoms with Crippen molar-refractivity contribution in [1.29, 1.82) is 0 Å². The minimum absolute atomic E-state index is 0.000560. The van der Waals surface area contributed by atoms with Gasteiger partial charge in [0.05, 0.1) is 19.3 Å². The number of hydrogen-bond acceptors (Lipinski definition) is 4. The molecular weight excluding hydrogens is 318 g/mol. The average molecular weight is 341 g/mol. The number of amides is 2. The van der Waals surface area contributed by atoms with Gasteiger partial charge in [0.15, 0.2) is 0 Å². The van der Waals surface area contributed by atoms with Crippen molar-refractivity contribution >= 4 is 28.9 Å². The molecule has 2 aromatic rings. The molecule has 0 aromatic heterocycles. The highest BCUT2D eigenvalue weighted by molar-refractivity contribution is 5.95. The van der Waals surface area contributed by atoms with Crippen molar-refractivity contribution in [2.75, 3.05) is 29.6 Å². The quantitative estimate of drug-likeness (QED) is 0.687. The third-order valence-electron chi connectivity index (χ3n) is 3.48. The second-order valence-corrected chi connectivity index (χ2v) is 5.48. The fourth-order valence-corrected chi connectivity index (χ4v) is 2.25. The van der Waals surface area contributed by atoms with Crippen LogP contribution >= 0.6 is 0 Å². The van der Waals surface area contributed by atoms with E-state index in [-0.39, 0.29) is 18.4 Å². The Kier molecular flexibility index (Phi) is 6.83. The van der Waals surface area contributed by atoms with E-state index in [1.807, 2.05) is 31.2 Å². The molecule has 0 aliphatic heterocycles. The molecule has 0 heterocycles. The van der Waals surface area contributed by atoms with Crippen molar-refractivity contribution in [2.45, 2.75) is 19.8 Å². The third-order valence-corrected chi connectivity index (χ3v) is 3.48.